The molecule has 2 rings (SSSR count). The molecular formula is C16H22N2O. The van der Waals surface area contributed by atoms with Crippen LogP contribution in [-0.2, 0) is 19.6 Å². The van der Waals surface area contributed by atoms with Crippen LogP contribution >= 0.6 is 0 Å². The number of furan rings is 1. The first kappa shape index (κ1) is 13.8. The van der Waals surface area contributed by atoms with E-state index in [-0.39, 0.29) is 0 Å². The van der Waals surface area contributed by atoms with Gasteiger partial charge in [0.15, 0.2) is 0 Å². The standard InChI is InChI=1S/C16H22N2O/c1-3-17-11-16-15(9-10-19-16)13-18(2)12-14-7-5-4-6-8-14/h4-10,17H,3,11-13H2,1-2H3. The van der Waals surface area contributed by atoms with Crippen LogP contribution < -0.4 is 5.32 Å². The van der Waals surface area contributed by atoms with Crippen molar-refractivity contribution >= 4 is 0 Å². The Labute approximate surface area is 115 Å². The van der Waals surface area contributed by atoms with Crippen molar-refractivity contribution < 1.29 is 4.42 Å². The molecule has 0 aliphatic carbocycles. The molecule has 0 atom stereocenters. The molecule has 102 valence electrons. The van der Waals surface area contributed by atoms with Gasteiger partial charge in [0.1, 0.15) is 5.76 Å². The van der Waals surface area contributed by atoms with Gasteiger partial charge in [-0.1, -0.05) is 37.3 Å². The summed E-state index contributed by atoms with van der Waals surface area (Å²) in [6, 6.07) is 12.6. The van der Waals surface area contributed by atoms with E-state index in [0.717, 1.165) is 31.9 Å². The lowest BCUT2D eigenvalue weighted by Crippen LogP contribution is -2.19. The summed E-state index contributed by atoms with van der Waals surface area (Å²) in [5.41, 5.74) is 2.60. The molecule has 3 nitrogen and oxygen atoms in total. The van der Waals surface area contributed by atoms with Crippen LogP contribution in [0, 0.1) is 0 Å². The molecular weight excluding hydrogens is 236 g/mol. The molecule has 0 spiro atoms. The fourth-order valence-corrected chi connectivity index (χ4v) is 2.14. The SMILES string of the molecule is CCNCc1occc1CN(C)Cc1ccccc1. The van der Waals surface area contributed by atoms with Gasteiger partial charge in [0.2, 0.25) is 0 Å². The Balaban J connectivity index is 1.91. The molecule has 0 saturated heterocycles. The molecule has 0 amide bonds. The average Bonchev–Trinajstić information content (AvgIpc) is 2.84. The fourth-order valence-electron chi connectivity index (χ4n) is 2.14. The predicted molar refractivity (Wildman–Crippen MR) is 77.7 cm³/mol. The second-order valence-electron chi connectivity index (χ2n) is 4.81. The lowest BCUT2D eigenvalue weighted by atomic mass is 10.2. The summed E-state index contributed by atoms with van der Waals surface area (Å²) in [4.78, 5) is 2.30. The van der Waals surface area contributed by atoms with Gasteiger partial charge in [-0.15, -0.1) is 0 Å². The number of nitrogens with zero attached hydrogens (tertiary/aromatic N) is 1. The third-order valence-electron chi connectivity index (χ3n) is 3.11. The second kappa shape index (κ2) is 7.12. The molecule has 1 heterocycles. The van der Waals surface area contributed by atoms with Gasteiger partial charge in [-0.3, -0.25) is 4.90 Å². The predicted octanol–water partition coefficient (Wildman–Crippen LogP) is 3.02. The zero-order valence-electron chi connectivity index (χ0n) is 11.7. The fraction of sp³-hybridized carbons (Fsp3) is 0.375. The highest BCUT2D eigenvalue weighted by Gasteiger charge is 2.08. The number of hydrogen-bond donors (Lipinski definition) is 1. The van der Waals surface area contributed by atoms with Crippen LogP contribution in [0.1, 0.15) is 23.8 Å². The average molecular weight is 258 g/mol. The van der Waals surface area contributed by atoms with E-state index in [1.165, 1.54) is 11.1 Å². The van der Waals surface area contributed by atoms with E-state index in [2.05, 4.69) is 54.5 Å². The lowest BCUT2D eigenvalue weighted by molar-refractivity contribution is 0.315. The Kier molecular flexibility index (Phi) is 5.19. The molecule has 19 heavy (non-hydrogen) atoms. The van der Waals surface area contributed by atoms with Gasteiger partial charge in [0.05, 0.1) is 12.8 Å². The number of benzene rings is 1. The maximum Gasteiger partial charge on any atom is 0.122 e. The summed E-state index contributed by atoms with van der Waals surface area (Å²) in [7, 11) is 2.14. The first-order valence-corrected chi connectivity index (χ1v) is 6.78. The minimum absolute atomic E-state index is 0.804. The zero-order chi connectivity index (χ0) is 13.5. The summed E-state index contributed by atoms with van der Waals surface area (Å²) >= 11 is 0. The highest BCUT2D eigenvalue weighted by Crippen LogP contribution is 2.14. The Bertz CT molecular complexity index is 479. The largest absolute Gasteiger partial charge is 0.468 e. The van der Waals surface area contributed by atoms with Crippen LogP contribution in [0.4, 0.5) is 0 Å². The van der Waals surface area contributed by atoms with Gasteiger partial charge in [0.25, 0.3) is 0 Å². The smallest absolute Gasteiger partial charge is 0.122 e. The van der Waals surface area contributed by atoms with E-state index in [4.69, 9.17) is 4.42 Å². The summed E-state index contributed by atoms with van der Waals surface area (Å²) in [6.45, 7) is 5.72. The third-order valence-corrected chi connectivity index (χ3v) is 3.11. The van der Waals surface area contributed by atoms with Crippen molar-refractivity contribution in [1.29, 1.82) is 0 Å². The Morgan fingerprint density at radius 2 is 1.89 bits per heavy atom. The van der Waals surface area contributed by atoms with E-state index >= 15 is 0 Å². The van der Waals surface area contributed by atoms with Crippen molar-refractivity contribution in [2.45, 2.75) is 26.6 Å². The van der Waals surface area contributed by atoms with Gasteiger partial charge in [0, 0.05) is 18.7 Å². The normalized spacial score (nSPS) is 11.1. The number of hydrogen-bond acceptors (Lipinski definition) is 3. The van der Waals surface area contributed by atoms with Crippen LogP contribution in [0.3, 0.4) is 0 Å². The van der Waals surface area contributed by atoms with Gasteiger partial charge in [-0.2, -0.15) is 0 Å². The minimum Gasteiger partial charge on any atom is -0.468 e. The first-order valence-electron chi connectivity index (χ1n) is 6.78. The summed E-state index contributed by atoms with van der Waals surface area (Å²) in [5, 5.41) is 3.30. The molecule has 2 aromatic rings. The molecule has 0 aliphatic rings. The summed E-state index contributed by atoms with van der Waals surface area (Å²) in [5.74, 6) is 1.04. The molecule has 1 aromatic carbocycles. The quantitative estimate of drug-likeness (QED) is 0.827. The molecule has 0 aliphatic heterocycles. The Hall–Kier alpha value is -1.58. The third kappa shape index (κ3) is 4.23. The number of nitrogens with one attached hydrogen (secondary N) is 1. The molecule has 0 radical (unpaired) electrons. The van der Waals surface area contributed by atoms with Crippen LogP contribution in [0.5, 0.6) is 0 Å². The monoisotopic (exact) mass is 258 g/mol. The van der Waals surface area contributed by atoms with Gasteiger partial charge >= 0.3 is 0 Å². The Morgan fingerprint density at radius 3 is 2.63 bits per heavy atom. The lowest BCUT2D eigenvalue weighted by Gasteiger charge is -2.16. The molecule has 1 N–H and O–H groups in total. The number of rotatable bonds is 7. The maximum atomic E-state index is 5.53. The van der Waals surface area contributed by atoms with Crippen LogP contribution in [0.25, 0.3) is 0 Å². The molecule has 1 aromatic heterocycles. The molecule has 0 bridgehead atoms. The first-order chi connectivity index (χ1) is 9.29. The van der Waals surface area contributed by atoms with E-state index in [1.807, 2.05) is 6.07 Å². The van der Waals surface area contributed by atoms with Crippen molar-refractivity contribution in [3.8, 4) is 0 Å². The van der Waals surface area contributed by atoms with Crippen LogP contribution in [0.2, 0.25) is 0 Å². The molecule has 0 saturated carbocycles. The van der Waals surface area contributed by atoms with Gasteiger partial charge in [-0.25, -0.2) is 0 Å². The van der Waals surface area contributed by atoms with Crippen molar-refractivity contribution in [3.63, 3.8) is 0 Å². The maximum absolute atomic E-state index is 5.53. The van der Waals surface area contributed by atoms with E-state index in [1.54, 1.807) is 6.26 Å². The summed E-state index contributed by atoms with van der Waals surface area (Å²) < 4.78 is 5.53. The van der Waals surface area contributed by atoms with E-state index < -0.39 is 0 Å². The Morgan fingerprint density at radius 1 is 1.11 bits per heavy atom. The zero-order valence-corrected chi connectivity index (χ0v) is 11.7. The molecule has 0 unspecified atom stereocenters. The second-order valence-corrected chi connectivity index (χ2v) is 4.81. The van der Waals surface area contributed by atoms with Crippen molar-refractivity contribution in [2.24, 2.45) is 0 Å². The van der Waals surface area contributed by atoms with Crippen LogP contribution in [0.15, 0.2) is 47.1 Å². The van der Waals surface area contributed by atoms with Gasteiger partial charge < -0.3 is 9.73 Å². The minimum atomic E-state index is 0.804. The topological polar surface area (TPSA) is 28.4 Å². The molecule has 0 fully saturated rings. The van der Waals surface area contributed by atoms with Crippen molar-refractivity contribution in [3.05, 3.63) is 59.5 Å². The van der Waals surface area contributed by atoms with E-state index in [0.29, 0.717) is 0 Å². The van der Waals surface area contributed by atoms with Crippen molar-refractivity contribution in [1.82, 2.24) is 10.2 Å². The molecule has 3 heteroatoms. The van der Waals surface area contributed by atoms with Crippen molar-refractivity contribution in [2.75, 3.05) is 13.6 Å². The highest BCUT2D eigenvalue weighted by molar-refractivity contribution is 5.18. The highest BCUT2D eigenvalue weighted by atomic mass is 16.3. The van der Waals surface area contributed by atoms with E-state index in [9.17, 15) is 0 Å². The van der Waals surface area contributed by atoms with Gasteiger partial charge in [-0.05, 0) is 25.2 Å². The summed E-state index contributed by atoms with van der Waals surface area (Å²) in [6.07, 6.45) is 1.78. The van der Waals surface area contributed by atoms with Crippen LogP contribution in [-0.4, -0.2) is 18.5 Å².